The van der Waals surface area contributed by atoms with Gasteiger partial charge in [-0.2, -0.15) is 10.2 Å². The van der Waals surface area contributed by atoms with E-state index in [-0.39, 0.29) is 173 Å². The predicted molar refractivity (Wildman–Crippen MR) is 240 cm³/mol. The van der Waals surface area contributed by atoms with Gasteiger partial charge in [-0.25, -0.2) is 25.3 Å². The molecule has 0 fully saturated rings. The van der Waals surface area contributed by atoms with Crippen molar-refractivity contribution < 1.29 is 128 Å². The molecule has 0 aromatic heterocycles. The van der Waals surface area contributed by atoms with E-state index < -0.39 is 45.0 Å². The maximum absolute atomic E-state index is 12.3. The molecule has 7 rings (SSSR count). The van der Waals surface area contributed by atoms with E-state index in [2.05, 4.69) is 40.9 Å². The number of aryl methyl sites for hydroxylation is 2. The number of hydrogen-bond acceptors (Lipinski definition) is 21. The first-order valence-electron chi connectivity index (χ1n) is 18.6. The van der Waals surface area contributed by atoms with Crippen molar-refractivity contribution >= 4 is 120 Å². The molecule has 27 heteroatoms. The Morgan fingerprint density at radius 3 is 1.04 bits per heavy atom. The molecule has 0 aliphatic carbocycles. The molecule has 0 saturated heterocycles. The van der Waals surface area contributed by atoms with E-state index >= 15 is 0 Å². The molecule has 0 spiro atoms. The Balaban J connectivity index is 0.00000336. The minimum atomic E-state index is -5.10. The van der Waals surface area contributed by atoms with Crippen LogP contribution in [0.15, 0.2) is 153 Å². The van der Waals surface area contributed by atoms with Crippen molar-refractivity contribution in [2.45, 2.75) is 35.5 Å². The molecule has 68 heavy (non-hydrogen) atoms. The summed E-state index contributed by atoms with van der Waals surface area (Å²) in [6, 6.07) is 22.2. The van der Waals surface area contributed by atoms with Gasteiger partial charge >= 0.3 is 88.7 Å². The standard InChI is InChI=1S/C41H36N12O9S3.3Na/c1-20-16-32(38(44)40(36(20)42)52-46-28-12-14-34(64(57,58)59)26-10-6-4-8-24(26)28)50-48-30-18-23(63(54,55)56)19-31(22(30)3)49-51-33-17-21(2)37(43)41(39(33)45)53-47-29-13-15-35(65(60,61)62)27-11-7-5-9-25(27)29;;;/h4-19H,42-45H2,1-3H3,(H,54,55,56)(H,57,58,59)(H,60,61,62);;;/q;3*+1/p-3. The van der Waals surface area contributed by atoms with Crippen molar-refractivity contribution in [2.75, 3.05) is 22.9 Å². The smallest absolute Gasteiger partial charge is 0.744 e. The quantitative estimate of drug-likeness (QED) is 0.0599. The Morgan fingerprint density at radius 1 is 0.382 bits per heavy atom. The third-order valence-electron chi connectivity index (χ3n) is 10.1. The Hall–Kier alpha value is -4.61. The van der Waals surface area contributed by atoms with Crippen molar-refractivity contribution in [3.63, 3.8) is 0 Å². The second-order valence-electron chi connectivity index (χ2n) is 14.3. The van der Waals surface area contributed by atoms with E-state index in [4.69, 9.17) is 22.9 Å². The fraction of sp³-hybridized carbons (Fsp3) is 0.0732. The second kappa shape index (κ2) is 22.0. The Kier molecular flexibility index (Phi) is 18.1. The number of rotatable bonds is 11. The van der Waals surface area contributed by atoms with Gasteiger partial charge in [0.1, 0.15) is 53.1 Å². The Morgan fingerprint density at radius 2 is 0.706 bits per heavy atom. The second-order valence-corrected chi connectivity index (χ2v) is 18.4. The topological polar surface area (TPSA) is 375 Å². The van der Waals surface area contributed by atoms with Crippen LogP contribution < -0.4 is 112 Å². The van der Waals surface area contributed by atoms with E-state index in [9.17, 15) is 38.9 Å². The SMILES string of the molecule is Cc1cc(N=Nc2cc(S(=O)(=O)[O-])cc(N=Nc3cc(C)c(N)c(N=Nc4ccc(S(=O)(=O)[O-])c5ccccc45)c3N)c2C)c(N)c(N=Nc2ccc(S(=O)(=O)[O-])c3ccccc23)c1N.[Na+].[Na+].[Na+]. The van der Waals surface area contributed by atoms with Gasteiger partial charge in [-0.1, -0.05) is 48.5 Å². The largest absolute Gasteiger partial charge is 1.00 e. The van der Waals surface area contributed by atoms with Crippen LogP contribution >= 0.6 is 0 Å². The number of fused-ring (bicyclic) bond motifs is 2. The van der Waals surface area contributed by atoms with Gasteiger partial charge in [0, 0.05) is 27.1 Å². The summed E-state index contributed by atoms with van der Waals surface area (Å²) >= 11 is 0. The van der Waals surface area contributed by atoms with Crippen LogP contribution in [0.3, 0.4) is 0 Å². The van der Waals surface area contributed by atoms with Gasteiger partial charge < -0.3 is 36.6 Å². The summed E-state index contributed by atoms with van der Waals surface area (Å²) < 4.78 is 108. The number of azo groups is 4. The van der Waals surface area contributed by atoms with E-state index in [1.165, 1.54) is 43.3 Å². The molecule has 0 aliphatic rings. The number of hydrogen-bond donors (Lipinski definition) is 4. The van der Waals surface area contributed by atoms with Crippen LogP contribution in [0.25, 0.3) is 21.5 Å². The summed E-state index contributed by atoms with van der Waals surface area (Å²) in [6.45, 7) is 4.77. The van der Waals surface area contributed by atoms with E-state index in [1.807, 2.05) is 0 Å². The van der Waals surface area contributed by atoms with Crippen molar-refractivity contribution in [3.8, 4) is 0 Å². The molecule has 0 heterocycles. The normalized spacial score (nSPS) is 12.3. The molecule has 0 bridgehead atoms. The van der Waals surface area contributed by atoms with Gasteiger partial charge in [0.05, 0.1) is 60.2 Å². The molecule has 0 radical (unpaired) electrons. The fourth-order valence-corrected chi connectivity index (χ4v) is 8.44. The van der Waals surface area contributed by atoms with Gasteiger partial charge in [0.25, 0.3) is 0 Å². The maximum Gasteiger partial charge on any atom is 1.00 e. The first-order chi connectivity index (χ1) is 30.5. The number of anilines is 4. The molecule has 0 amide bonds. The van der Waals surface area contributed by atoms with E-state index in [0.717, 1.165) is 24.3 Å². The molecular formula is C41H33N12Na3O9S3. The molecule has 7 aromatic carbocycles. The Bertz CT molecular complexity index is 3420. The van der Waals surface area contributed by atoms with Crippen molar-refractivity contribution in [1.82, 2.24) is 0 Å². The number of benzene rings is 7. The maximum atomic E-state index is 12.3. The van der Waals surface area contributed by atoms with Crippen LogP contribution in [0.5, 0.6) is 0 Å². The summed E-state index contributed by atoms with van der Waals surface area (Å²) in [5.74, 6) is 0. The van der Waals surface area contributed by atoms with Crippen LogP contribution in [0.2, 0.25) is 0 Å². The molecule has 8 N–H and O–H groups in total. The number of nitrogens with two attached hydrogens (primary N) is 4. The molecule has 0 unspecified atom stereocenters. The summed E-state index contributed by atoms with van der Waals surface area (Å²) in [4.78, 5) is -1.59. The van der Waals surface area contributed by atoms with Gasteiger partial charge in [0.15, 0.2) is 0 Å². The predicted octanol–water partition coefficient (Wildman–Crippen LogP) is 0.633. The zero-order valence-corrected chi connectivity index (χ0v) is 45.5. The van der Waals surface area contributed by atoms with Crippen LogP contribution in [-0.4, -0.2) is 38.9 Å². The summed E-state index contributed by atoms with van der Waals surface area (Å²) in [6.07, 6.45) is 0. The van der Waals surface area contributed by atoms with Crippen LogP contribution in [0, 0.1) is 20.8 Å². The molecule has 0 saturated carbocycles. The minimum Gasteiger partial charge on any atom is -0.744 e. The number of nitrogen functional groups attached to an aromatic ring is 4. The van der Waals surface area contributed by atoms with E-state index in [0.29, 0.717) is 21.9 Å². The van der Waals surface area contributed by atoms with Gasteiger partial charge in [-0.3, -0.25) is 0 Å². The minimum absolute atomic E-state index is 0. The molecule has 332 valence electrons. The molecule has 0 atom stereocenters. The average Bonchev–Trinajstić information content (AvgIpc) is 3.24. The summed E-state index contributed by atoms with van der Waals surface area (Å²) in [5, 5.41) is 34.7. The first kappa shape index (κ1) is 56.0. The zero-order chi connectivity index (χ0) is 47.2. The monoisotopic (exact) mass is 1000 g/mol. The van der Waals surface area contributed by atoms with Crippen LogP contribution in [0.4, 0.5) is 68.2 Å². The first-order valence-corrected chi connectivity index (χ1v) is 22.9. The van der Waals surface area contributed by atoms with Crippen molar-refractivity contribution in [3.05, 3.63) is 114 Å². The van der Waals surface area contributed by atoms with Gasteiger partial charge in [-0.15, -0.1) is 30.7 Å². The molecular weight excluding hydrogens is 970 g/mol. The molecule has 21 nitrogen and oxygen atoms in total. The third kappa shape index (κ3) is 11.9. The van der Waals surface area contributed by atoms with Crippen molar-refractivity contribution in [1.29, 1.82) is 0 Å². The van der Waals surface area contributed by atoms with Gasteiger partial charge in [-0.05, 0) is 80.4 Å². The van der Waals surface area contributed by atoms with Crippen molar-refractivity contribution in [2.24, 2.45) is 40.9 Å². The third-order valence-corrected chi connectivity index (χ3v) is 12.7. The molecule has 7 aromatic rings. The van der Waals surface area contributed by atoms with E-state index in [1.54, 1.807) is 50.2 Å². The fourth-order valence-electron chi connectivity index (χ4n) is 6.56. The number of nitrogens with zero attached hydrogens (tertiary/aromatic N) is 8. The average molecular weight is 1000 g/mol. The van der Waals surface area contributed by atoms with Crippen LogP contribution in [0.1, 0.15) is 16.7 Å². The Labute approximate surface area is 455 Å². The van der Waals surface area contributed by atoms with Gasteiger partial charge in [0.2, 0.25) is 0 Å². The summed E-state index contributed by atoms with van der Waals surface area (Å²) in [7, 11) is -14.7. The zero-order valence-electron chi connectivity index (χ0n) is 37.0. The summed E-state index contributed by atoms with van der Waals surface area (Å²) in [5.41, 5.74) is 26.8. The molecule has 0 aliphatic heterocycles. The van der Waals surface area contributed by atoms with Crippen LogP contribution in [-0.2, 0) is 30.4 Å².